The average Bonchev–Trinajstić information content (AvgIpc) is 3.34. The van der Waals surface area contributed by atoms with E-state index in [-0.39, 0.29) is 6.54 Å². The number of thiazole rings is 1. The highest BCUT2D eigenvalue weighted by Crippen LogP contribution is 2.31. The van der Waals surface area contributed by atoms with Gasteiger partial charge in [-0.2, -0.15) is 4.31 Å². The van der Waals surface area contributed by atoms with Gasteiger partial charge in [0.1, 0.15) is 22.5 Å². The van der Waals surface area contributed by atoms with Crippen LogP contribution >= 0.6 is 11.3 Å². The van der Waals surface area contributed by atoms with Crippen molar-refractivity contribution >= 4 is 42.6 Å². The van der Waals surface area contributed by atoms with Crippen molar-refractivity contribution in [3.63, 3.8) is 0 Å². The number of carbonyl (C=O) groups excluding carboxylic acids is 1. The third-order valence-corrected chi connectivity index (χ3v) is 7.63. The zero-order valence-corrected chi connectivity index (χ0v) is 17.1. The molecule has 0 aliphatic carbocycles. The maximum atomic E-state index is 14.1. The summed E-state index contributed by atoms with van der Waals surface area (Å²) in [5.41, 5.74) is 0.702. The van der Waals surface area contributed by atoms with Gasteiger partial charge in [-0.1, -0.05) is 23.5 Å². The Labute approximate surface area is 171 Å². The Morgan fingerprint density at radius 2 is 2.10 bits per heavy atom. The first-order valence-corrected chi connectivity index (χ1v) is 11.2. The van der Waals surface area contributed by atoms with E-state index in [1.807, 2.05) is 6.07 Å². The maximum Gasteiger partial charge on any atom is 0.246 e. The molecule has 1 amide bonds. The van der Waals surface area contributed by atoms with E-state index in [0.29, 0.717) is 29.2 Å². The van der Waals surface area contributed by atoms with Crippen molar-refractivity contribution in [1.29, 1.82) is 0 Å². The Bertz CT molecular complexity index is 1180. The molecule has 2 heterocycles. The van der Waals surface area contributed by atoms with Crippen molar-refractivity contribution in [1.82, 2.24) is 9.29 Å². The summed E-state index contributed by atoms with van der Waals surface area (Å²) in [6.07, 6.45) is 0.876. The number of sulfonamides is 1. The molecule has 29 heavy (non-hydrogen) atoms. The van der Waals surface area contributed by atoms with Crippen LogP contribution in [0.3, 0.4) is 0 Å². The topological polar surface area (TPSA) is 88.6 Å². The van der Waals surface area contributed by atoms with Crippen molar-refractivity contribution in [2.75, 3.05) is 19.0 Å². The maximum absolute atomic E-state index is 14.1. The molecule has 7 nitrogen and oxygen atoms in total. The molecule has 10 heteroatoms. The number of benzene rings is 2. The smallest absolute Gasteiger partial charge is 0.246 e. The molecule has 0 saturated carbocycles. The summed E-state index contributed by atoms with van der Waals surface area (Å²) in [5.74, 6) is -0.635. The Hall–Kier alpha value is -2.56. The summed E-state index contributed by atoms with van der Waals surface area (Å²) in [5, 5.41) is 3.08. The standard InChI is InChI=1S/C19H18FN3O4S2/c1-27-12-8-9-14-16(11-12)28-19(21-14)22-18(24)15-6-4-10-23(15)29(25,26)17-7-3-2-5-13(17)20/h2-3,5,7-9,11,15H,4,6,10H2,1H3,(H,21,22,24). The fourth-order valence-electron chi connectivity index (χ4n) is 3.34. The van der Waals surface area contributed by atoms with Crippen molar-refractivity contribution in [3.05, 3.63) is 48.3 Å². The van der Waals surface area contributed by atoms with Gasteiger partial charge in [0.15, 0.2) is 5.13 Å². The monoisotopic (exact) mass is 435 g/mol. The zero-order valence-electron chi connectivity index (χ0n) is 15.5. The first kappa shape index (κ1) is 19.7. The molecule has 1 N–H and O–H groups in total. The second kappa shape index (κ2) is 7.69. The number of nitrogens with zero attached hydrogens (tertiary/aromatic N) is 2. The Balaban J connectivity index is 1.57. The van der Waals surface area contributed by atoms with Gasteiger partial charge in [-0.3, -0.25) is 4.79 Å². The number of carbonyl (C=O) groups is 1. The van der Waals surface area contributed by atoms with E-state index in [2.05, 4.69) is 10.3 Å². The van der Waals surface area contributed by atoms with Crippen LogP contribution in [0.4, 0.5) is 9.52 Å². The van der Waals surface area contributed by atoms with Gasteiger partial charge >= 0.3 is 0 Å². The largest absolute Gasteiger partial charge is 0.497 e. The second-order valence-corrected chi connectivity index (χ2v) is 9.44. The average molecular weight is 436 g/mol. The zero-order chi connectivity index (χ0) is 20.6. The highest BCUT2D eigenvalue weighted by Gasteiger charge is 2.40. The molecule has 0 spiro atoms. The number of halogens is 1. The molecule has 0 radical (unpaired) electrons. The summed E-state index contributed by atoms with van der Waals surface area (Å²) < 4.78 is 47.0. The molecule has 3 aromatic rings. The first-order chi connectivity index (χ1) is 13.9. The molecule has 0 bridgehead atoms. The normalized spacial score (nSPS) is 17.5. The Morgan fingerprint density at radius 3 is 2.86 bits per heavy atom. The third kappa shape index (κ3) is 3.70. The lowest BCUT2D eigenvalue weighted by Crippen LogP contribution is -2.43. The fraction of sp³-hybridized carbons (Fsp3) is 0.263. The van der Waals surface area contributed by atoms with Gasteiger partial charge in [0.2, 0.25) is 15.9 Å². The van der Waals surface area contributed by atoms with Crippen LogP contribution in [0.25, 0.3) is 10.2 Å². The molecule has 1 fully saturated rings. The van der Waals surface area contributed by atoms with Crippen molar-refractivity contribution in [3.8, 4) is 5.75 Å². The third-order valence-electron chi connectivity index (χ3n) is 4.76. The molecule has 2 aromatic carbocycles. The second-order valence-electron chi connectivity index (χ2n) is 6.55. The molecular formula is C19H18FN3O4S2. The quantitative estimate of drug-likeness (QED) is 0.665. The summed E-state index contributed by atoms with van der Waals surface area (Å²) in [6.45, 7) is 0.159. The number of amides is 1. The van der Waals surface area contributed by atoms with Crippen LogP contribution in [0.1, 0.15) is 12.8 Å². The van der Waals surface area contributed by atoms with E-state index in [0.717, 1.165) is 15.1 Å². The molecule has 1 saturated heterocycles. The minimum Gasteiger partial charge on any atom is -0.497 e. The number of hydrogen-bond donors (Lipinski definition) is 1. The van der Waals surface area contributed by atoms with Gasteiger partial charge in [-0.15, -0.1) is 0 Å². The fourth-order valence-corrected chi connectivity index (χ4v) is 5.96. The highest BCUT2D eigenvalue weighted by molar-refractivity contribution is 7.89. The minimum atomic E-state index is -4.13. The summed E-state index contributed by atoms with van der Waals surface area (Å²) in [6, 6.07) is 9.62. The number of nitrogens with one attached hydrogen (secondary N) is 1. The van der Waals surface area contributed by atoms with Crippen LogP contribution in [0, 0.1) is 5.82 Å². The van der Waals surface area contributed by atoms with E-state index in [1.165, 1.54) is 29.5 Å². The van der Waals surface area contributed by atoms with Crippen LogP contribution in [-0.2, 0) is 14.8 Å². The highest BCUT2D eigenvalue weighted by atomic mass is 32.2. The number of hydrogen-bond acceptors (Lipinski definition) is 6. The van der Waals surface area contributed by atoms with Crippen LogP contribution in [0.15, 0.2) is 47.4 Å². The van der Waals surface area contributed by atoms with Gasteiger partial charge in [0.25, 0.3) is 0 Å². The van der Waals surface area contributed by atoms with Crippen LogP contribution in [-0.4, -0.2) is 43.3 Å². The van der Waals surface area contributed by atoms with E-state index >= 15 is 0 Å². The number of anilines is 1. The molecule has 1 aromatic heterocycles. The predicted octanol–water partition coefficient (Wildman–Crippen LogP) is 3.24. The van der Waals surface area contributed by atoms with Gasteiger partial charge in [-0.25, -0.2) is 17.8 Å². The number of fused-ring (bicyclic) bond motifs is 1. The molecular weight excluding hydrogens is 417 g/mol. The number of rotatable bonds is 5. The van der Waals surface area contributed by atoms with E-state index < -0.39 is 32.7 Å². The minimum absolute atomic E-state index is 0.159. The summed E-state index contributed by atoms with van der Waals surface area (Å²) in [7, 11) is -2.56. The van der Waals surface area contributed by atoms with Crippen LogP contribution in [0.2, 0.25) is 0 Å². The number of aromatic nitrogens is 1. The first-order valence-electron chi connectivity index (χ1n) is 8.92. The van der Waals surface area contributed by atoms with E-state index in [9.17, 15) is 17.6 Å². The van der Waals surface area contributed by atoms with Gasteiger partial charge in [-0.05, 0) is 43.2 Å². The van der Waals surface area contributed by atoms with Crippen molar-refractivity contribution in [2.24, 2.45) is 0 Å². The van der Waals surface area contributed by atoms with Gasteiger partial charge in [0, 0.05) is 6.54 Å². The lowest BCUT2D eigenvalue weighted by molar-refractivity contribution is -0.119. The van der Waals surface area contributed by atoms with Gasteiger partial charge < -0.3 is 10.1 Å². The summed E-state index contributed by atoms with van der Waals surface area (Å²) in [4.78, 5) is 16.8. The molecule has 4 rings (SSSR count). The molecule has 1 atom stereocenters. The molecule has 152 valence electrons. The van der Waals surface area contributed by atoms with E-state index in [1.54, 1.807) is 19.2 Å². The van der Waals surface area contributed by atoms with Crippen LogP contribution in [0.5, 0.6) is 5.75 Å². The Kier molecular flexibility index (Phi) is 5.24. The molecule has 1 aliphatic rings. The predicted molar refractivity (Wildman–Crippen MR) is 108 cm³/mol. The van der Waals surface area contributed by atoms with Gasteiger partial charge in [0.05, 0.1) is 17.3 Å². The number of ether oxygens (including phenoxy) is 1. The van der Waals surface area contributed by atoms with E-state index in [4.69, 9.17) is 4.74 Å². The SMILES string of the molecule is COc1ccc2nc(NC(=O)C3CCCN3S(=O)(=O)c3ccccc3F)sc2c1. The number of methoxy groups -OCH3 is 1. The Morgan fingerprint density at radius 1 is 1.31 bits per heavy atom. The van der Waals surface area contributed by atoms with Crippen molar-refractivity contribution < 1.29 is 22.3 Å². The lowest BCUT2D eigenvalue weighted by atomic mass is 10.2. The van der Waals surface area contributed by atoms with Crippen LogP contribution < -0.4 is 10.1 Å². The lowest BCUT2D eigenvalue weighted by Gasteiger charge is -2.23. The molecule has 1 unspecified atom stereocenters. The molecule has 1 aliphatic heterocycles. The summed E-state index contributed by atoms with van der Waals surface area (Å²) >= 11 is 1.27. The van der Waals surface area contributed by atoms with Crippen molar-refractivity contribution in [2.45, 2.75) is 23.8 Å².